The van der Waals surface area contributed by atoms with Crippen LogP contribution in [0.1, 0.15) is 24.6 Å². The molecule has 1 saturated carbocycles. The molecule has 1 aliphatic heterocycles. The molecule has 2 fully saturated rings. The molecule has 2 amide bonds. The lowest BCUT2D eigenvalue weighted by atomic mass is 10.3. The Morgan fingerprint density at radius 2 is 2.35 bits per heavy atom. The van der Waals surface area contributed by atoms with Crippen molar-refractivity contribution in [3.8, 4) is 10.8 Å². The Hall–Kier alpha value is -2.42. The van der Waals surface area contributed by atoms with E-state index in [-0.39, 0.29) is 12.5 Å². The van der Waals surface area contributed by atoms with Gasteiger partial charge in [-0.25, -0.2) is 4.79 Å². The molecule has 4 rings (SSSR count). The number of hydrogen-bond donors (Lipinski definition) is 1. The first kappa shape index (κ1) is 14.2. The highest BCUT2D eigenvalue weighted by Gasteiger charge is 2.30. The minimum atomic E-state index is -0.461. The maximum absolute atomic E-state index is 12.1. The Morgan fingerprint density at radius 3 is 3.09 bits per heavy atom. The van der Waals surface area contributed by atoms with Crippen molar-refractivity contribution in [1.29, 1.82) is 0 Å². The summed E-state index contributed by atoms with van der Waals surface area (Å²) < 4.78 is 10.1. The van der Waals surface area contributed by atoms with E-state index < -0.39 is 6.09 Å². The van der Waals surface area contributed by atoms with Gasteiger partial charge >= 0.3 is 6.09 Å². The van der Waals surface area contributed by atoms with Crippen LogP contribution < -0.4 is 5.32 Å². The molecule has 8 nitrogen and oxygen atoms in total. The highest BCUT2D eigenvalue weighted by molar-refractivity contribution is 7.14. The zero-order chi connectivity index (χ0) is 15.8. The number of cyclic esters (lactones) is 1. The number of aromatic nitrogens is 2. The minimum absolute atomic E-state index is 0.0364. The van der Waals surface area contributed by atoms with Crippen LogP contribution in [0, 0.1) is 0 Å². The lowest BCUT2D eigenvalue weighted by Gasteiger charge is -2.12. The van der Waals surface area contributed by atoms with E-state index in [9.17, 15) is 9.59 Å². The van der Waals surface area contributed by atoms with Gasteiger partial charge in [-0.15, -0.1) is 11.3 Å². The molecule has 0 unspecified atom stereocenters. The van der Waals surface area contributed by atoms with Crippen LogP contribution in [0.5, 0.6) is 0 Å². The van der Waals surface area contributed by atoms with Crippen molar-refractivity contribution in [2.45, 2.75) is 18.8 Å². The lowest BCUT2D eigenvalue weighted by Crippen LogP contribution is -2.33. The third-order valence-corrected chi connectivity index (χ3v) is 4.60. The Bertz CT molecular complexity index is 752. The predicted molar refractivity (Wildman–Crippen MR) is 81.1 cm³/mol. The van der Waals surface area contributed by atoms with Gasteiger partial charge in [-0.2, -0.15) is 4.98 Å². The highest BCUT2D eigenvalue weighted by Crippen LogP contribution is 2.40. The topological polar surface area (TPSA) is 97.6 Å². The molecule has 0 spiro atoms. The largest absolute Gasteiger partial charge is 0.448 e. The average molecular weight is 334 g/mol. The molecule has 1 saturated heterocycles. The number of amides is 2. The molecule has 23 heavy (non-hydrogen) atoms. The number of ether oxygens (including phenoxy) is 1. The molecular formula is C14H14N4O4S. The van der Waals surface area contributed by atoms with Gasteiger partial charge in [0.15, 0.2) is 5.82 Å². The number of carbonyl (C=O) groups excluding carboxylic acids is 2. The van der Waals surface area contributed by atoms with Crippen molar-refractivity contribution in [3.05, 3.63) is 17.3 Å². The average Bonchev–Trinajstić information content (AvgIpc) is 2.92. The Labute approximate surface area is 135 Å². The van der Waals surface area contributed by atoms with Crippen molar-refractivity contribution in [3.63, 3.8) is 0 Å². The van der Waals surface area contributed by atoms with Crippen molar-refractivity contribution in [2.24, 2.45) is 0 Å². The van der Waals surface area contributed by atoms with Crippen LogP contribution in [0.4, 0.5) is 10.5 Å². The van der Waals surface area contributed by atoms with Gasteiger partial charge in [0.05, 0.1) is 12.2 Å². The summed E-state index contributed by atoms with van der Waals surface area (Å²) in [4.78, 5) is 29.9. The Morgan fingerprint density at radius 1 is 1.48 bits per heavy atom. The van der Waals surface area contributed by atoms with E-state index in [1.807, 2.05) is 5.38 Å². The number of thiophene rings is 1. The number of carbonyl (C=O) groups is 2. The molecule has 120 valence electrons. The number of nitrogens with one attached hydrogen (secondary N) is 1. The van der Waals surface area contributed by atoms with Gasteiger partial charge in [-0.3, -0.25) is 9.69 Å². The molecule has 0 bridgehead atoms. The van der Waals surface area contributed by atoms with Crippen LogP contribution in [-0.2, 0) is 9.53 Å². The molecule has 2 aromatic rings. The number of anilines is 1. The molecule has 2 aromatic heterocycles. The summed E-state index contributed by atoms with van der Waals surface area (Å²) >= 11 is 1.42. The second kappa shape index (κ2) is 5.65. The summed E-state index contributed by atoms with van der Waals surface area (Å²) in [6.45, 7) is 0.712. The van der Waals surface area contributed by atoms with E-state index in [1.165, 1.54) is 16.2 Å². The van der Waals surface area contributed by atoms with Crippen molar-refractivity contribution >= 4 is 29.0 Å². The zero-order valence-corrected chi connectivity index (χ0v) is 13.0. The molecule has 3 heterocycles. The van der Waals surface area contributed by atoms with Gasteiger partial charge in [0.2, 0.25) is 5.91 Å². The van der Waals surface area contributed by atoms with Gasteiger partial charge < -0.3 is 14.6 Å². The summed E-state index contributed by atoms with van der Waals surface area (Å²) in [5.74, 6) is 1.26. The van der Waals surface area contributed by atoms with E-state index >= 15 is 0 Å². The van der Waals surface area contributed by atoms with E-state index in [2.05, 4.69) is 15.5 Å². The maximum atomic E-state index is 12.1. The number of hydrogen-bond acceptors (Lipinski definition) is 7. The molecule has 9 heteroatoms. The number of rotatable bonds is 5. The summed E-state index contributed by atoms with van der Waals surface area (Å²) in [7, 11) is 0. The Balaban J connectivity index is 1.45. The SMILES string of the molecule is O=C(CN1CCOC1=O)Nc1ccsc1-c1nc(C2CC2)no1. The van der Waals surface area contributed by atoms with Crippen molar-refractivity contribution in [2.75, 3.05) is 25.0 Å². The van der Waals surface area contributed by atoms with Crippen LogP contribution in [0.2, 0.25) is 0 Å². The summed E-state index contributed by atoms with van der Waals surface area (Å²) in [6, 6.07) is 1.78. The molecule has 1 N–H and O–H groups in total. The van der Waals surface area contributed by atoms with Gasteiger partial charge in [-0.1, -0.05) is 5.16 Å². The van der Waals surface area contributed by atoms with Crippen LogP contribution in [0.25, 0.3) is 10.8 Å². The van der Waals surface area contributed by atoms with Crippen LogP contribution in [0.15, 0.2) is 16.0 Å². The standard InChI is InChI=1S/C14H14N4O4S/c19-10(7-18-4-5-21-14(18)20)15-9-3-6-23-11(9)13-16-12(17-22-13)8-1-2-8/h3,6,8H,1-2,4-5,7H2,(H,15,19). The molecule has 0 radical (unpaired) electrons. The summed E-state index contributed by atoms with van der Waals surface area (Å²) in [6.07, 6.45) is 1.73. The normalized spacial score (nSPS) is 17.4. The summed E-state index contributed by atoms with van der Waals surface area (Å²) in [5.41, 5.74) is 0.610. The van der Waals surface area contributed by atoms with E-state index in [4.69, 9.17) is 9.26 Å². The first-order chi connectivity index (χ1) is 11.2. The quantitative estimate of drug-likeness (QED) is 0.899. The fourth-order valence-corrected chi connectivity index (χ4v) is 3.11. The molecule has 2 aliphatic rings. The van der Waals surface area contributed by atoms with Gasteiger partial charge in [-0.05, 0) is 24.3 Å². The second-order valence-corrected chi connectivity index (χ2v) is 6.40. The molecular weight excluding hydrogens is 320 g/mol. The third-order valence-electron chi connectivity index (χ3n) is 3.70. The summed E-state index contributed by atoms with van der Waals surface area (Å²) in [5, 5.41) is 8.61. The molecule has 1 aliphatic carbocycles. The smallest absolute Gasteiger partial charge is 0.410 e. The van der Waals surface area contributed by atoms with Crippen molar-refractivity contribution < 1.29 is 18.8 Å². The first-order valence-electron chi connectivity index (χ1n) is 7.34. The van der Waals surface area contributed by atoms with E-state index in [0.717, 1.165) is 23.5 Å². The minimum Gasteiger partial charge on any atom is -0.448 e. The molecule has 0 atom stereocenters. The third kappa shape index (κ3) is 2.91. The Kier molecular flexibility index (Phi) is 3.49. The van der Waals surface area contributed by atoms with Gasteiger partial charge in [0.25, 0.3) is 5.89 Å². The van der Waals surface area contributed by atoms with Crippen LogP contribution in [-0.4, -0.2) is 46.7 Å². The predicted octanol–water partition coefficient (Wildman–Crippen LogP) is 2.07. The van der Waals surface area contributed by atoms with Gasteiger partial charge in [0.1, 0.15) is 18.0 Å². The van der Waals surface area contributed by atoms with Crippen LogP contribution >= 0.6 is 11.3 Å². The van der Waals surface area contributed by atoms with Crippen molar-refractivity contribution in [1.82, 2.24) is 15.0 Å². The maximum Gasteiger partial charge on any atom is 0.410 e. The number of nitrogens with zero attached hydrogens (tertiary/aromatic N) is 3. The van der Waals surface area contributed by atoms with Gasteiger partial charge in [0, 0.05) is 5.92 Å². The fourth-order valence-electron chi connectivity index (χ4n) is 2.34. The van der Waals surface area contributed by atoms with E-state index in [1.54, 1.807) is 6.07 Å². The lowest BCUT2D eigenvalue weighted by molar-refractivity contribution is -0.116. The first-order valence-corrected chi connectivity index (χ1v) is 8.21. The monoisotopic (exact) mass is 334 g/mol. The van der Waals surface area contributed by atoms with Crippen LogP contribution in [0.3, 0.4) is 0 Å². The zero-order valence-electron chi connectivity index (χ0n) is 12.2. The van der Waals surface area contributed by atoms with E-state index in [0.29, 0.717) is 30.6 Å². The fraction of sp³-hybridized carbons (Fsp3) is 0.429. The molecule has 0 aromatic carbocycles. The second-order valence-electron chi connectivity index (χ2n) is 5.48. The highest BCUT2D eigenvalue weighted by atomic mass is 32.1.